The minimum absolute atomic E-state index is 0.169. The summed E-state index contributed by atoms with van der Waals surface area (Å²) >= 11 is 0. The summed E-state index contributed by atoms with van der Waals surface area (Å²) in [5.74, 6) is -0.571. The van der Waals surface area contributed by atoms with E-state index in [9.17, 15) is 4.79 Å². The van der Waals surface area contributed by atoms with Crippen LogP contribution in [-0.4, -0.2) is 11.1 Å². The van der Waals surface area contributed by atoms with Crippen LogP contribution >= 0.6 is 0 Å². The number of hydrogen-bond donors (Lipinski definition) is 1. The van der Waals surface area contributed by atoms with E-state index in [0.29, 0.717) is 5.41 Å². The fourth-order valence-electron chi connectivity index (χ4n) is 1.59. The van der Waals surface area contributed by atoms with Gasteiger partial charge in [-0.3, -0.25) is 4.79 Å². The van der Waals surface area contributed by atoms with Crippen molar-refractivity contribution in [2.75, 3.05) is 0 Å². The molecular weight excluding hydrogens is 176 g/mol. The lowest BCUT2D eigenvalue weighted by atomic mass is 9.85. The molecule has 0 aromatic rings. The van der Waals surface area contributed by atoms with Gasteiger partial charge in [0.05, 0.1) is 5.92 Å². The molecule has 2 nitrogen and oxygen atoms in total. The first-order valence-corrected chi connectivity index (χ1v) is 5.47. The molecule has 1 atom stereocenters. The summed E-state index contributed by atoms with van der Waals surface area (Å²) in [6, 6.07) is 0. The predicted octanol–water partition coefficient (Wildman–Crippen LogP) is 3.56. The van der Waals surface area contributed by atoms with Gasteiger partial charge in [-0.1, -0.05) is 41.0 Å². The van der Waals surface area contributed by atoms with E-state index in [4.69, 9.17) is 5.11 Å². The summed E-state index contributed by atoms with van der Waals surface area (Å²) in [6.07, 6.45) is 2.92. The van der Waals surface area contributed by atoms with Crippen LogP contribution in [0.1, 0.15) is 53.9 Å². The largest absolute Gasteiger partial charge is 0.481 e. The molecule has 84 valence electrons. The summed E-state index contributed by atoms with van der Waals surface area (Å²) in [4.78, 5) is 10.9. The second-order valence-electron chi connectivity index (χ2n) is 5.64. The predicted molar refractivity (Wildman–Crippen MR) is 59.3 cm³/mol. The lowest BCUT2D eigenvalue weighted by Crippen LogP contribution is -2.20. The molecule has 0 unspecified atom stereocenters. The minimum atomic E-state index is -0.645. The zero-order chi connectivity index (χ0) is 11.4. The third-order valence-electron chi connectivity index (χ3n) is 2.56. The third kappa shape index (κ3) is 6.01. The van der Waals surface area contributed by atoms with Crippen molar-refractivity contribution in [3.63, 3.8) is 0 Å². The molecule has 0 fully saturated rings. The SMILES string of the molecule is CC(C)[C@H](CCCC(C)(C)C)C(=O)O. The highest BCUT2D eigenvalue weighted by atomic mass is 16.4. The Bertz CT molecular complexity index is 177. The van der Waals surface area contributed by atoms with E-state index in [1.54, 1.807) is 0 Å². The standard InChI is InChI=1S/C12H24O2/c1-9(2)10(11(13)14)7-6-8-12(3,4)5/h9-10H,6-8H2,1-5H3,(H,13,14)/t10-/m0/s1. The number of carboxylic acid groups (broad SMARTS) is 1. The van der Waals surface area contributed by atoms with Gasteiger partial charge in [-0.2, -0.15) is 0 Å². The molecule has 0 saturated carbocycles. The summed E-state index contributed by atoms with van der Waals surface area (Å²) in [6.45, 7) is 10.5. The van der Waals surface area contributed by atoms with E-state index in [-0.39, 0.29) is 11.8 Å². The Kier molecular flexibility index (Phi) is 5.17. The Morgan fingerprint density at radius 1 is 1.29 bits per heavy atom. The number of hydrogen-bond acceptors (Lipinski definition) is 1. The van der Waals surface area contributed by atoms with Crippen molar-refractivity contribution in [3.05, 3.63) is 0 Å². The molecule has 0 spiro atoms. The molecule has 0 bridgehead atoms. The Morgan fingerprint density at radius 3 is 2.07 bits per heavy atom. The lowest BCUT2D eigenvalue weighted by molar-refractivity contribution is -0.143. The van der Waals surface area contributed by atoms with Crippen molar-refractivity contribution in [1.29, 1.82) is 0 Å². The van der Waals surface area contributed by atoms with E-state index in [0.717, 1.165) is 19.3 Å². The fourth-order valence-corrected chi connectivity index (χ4v) is 1.59. The van der Waals surface area contributed by atoms with Crippen LogP contribution in [0.15, 0.2) is 0 Å². The zero-order valence-corrected chi connectivity index (χ0v) is 10.1. The van der Waals surface area contributed by atoms with Gasteiger partial charge in [-0.15, -0.1) is 0 Å². The first-order valence-electron chi connectivity index (χ1n) is 5.47. The summed E-state index contributed by atoms with van der Waals surface area (Å²) < 4.78 is 0. The summed E-state index contributed by atoms with van der Waals surface area (Å²) in [5, 5.41) is 8.97. The molecule has 0 aromatic heterocycles. The molecule has 14 heavy (non-hydrogen) atoms. The second-order valence-corrected chi connectivity index (χ2v) is 5.64. The van der Waals surface area contributed by atoms with Crippen LogP contribution in [0.5, 0.6) is 0 Å². The first kappa shape index (κ1) is 13.5. The highest BCUT2D eigenvalue weighted by Crippen LogP contribution is 2.25. The van der Waals surface area contributed by atoms with Crippen molar-refractivity contribution >= 4 is 5.97 Å². The number of aliphatic carboxylic acids is 1. The Hall–Kier alpha value is -0.530. The molecular formula is C12H24O2. The van der Waals surface area contributed by atoms with E-state index >= 15 is 0 Å². The van der Waals surface area contributed by atoms with Crippen molar-refractivity contribution in [2.45, 2.75) is 53.9 Å². The highest BCUT2D eigenvalue weighted by molar-refractivity contribution is 5.70. The number of rotatable bonds is 5. The molecule has 0 radical (unpaired) electrons. The van der Waals surface area contributed by atoms with E-state index in [2.05, 4.69) is 20.8 Å². The average Bonchev–Trinajstić information content (AvgIpc) is 1.94. The normalized spacial score (nSPS) is 14.4. The van der Waals surface area contributed by atoms with Gasteiger partial charge in [0, 0.05) is 0 Å². The van der Waals surface area contributed by atoms with Crippen molar-refractivity contribution < 1.29 is 9.90 Å². The molecule has 0 heterocycles. The molecule has 0 aliphatic heterocycles. The van der Waals surface area contributed by atoms with Crippen LogP contribution in [0.2, 0.25) is 0 Å². The van der Waals surface area contributed by atoms with Crippen LogP contribution in [0.4, 0.5) is 0 Å². The Morgan fingerprint density at radius 2 is 1.79 bits per heavy atom. The van der Waals surface area contributed by atoms with Crippen LogP contribution in [0.3, 0.4) is 0 Å². The summed E-state index contributed by atoms with van der Waals surface area (Å²) in [7, 11) is 0. The van der Waals surface area contributed by atoms with Gasteiger partial charge in [0.25, 0.3) is 0 Å². The maximum absolute atomic E-state index is 10.9. The minimum Gasteiger partial charge on any atom is -0.481 e. The number of carbonyl (C=O) groups is 1. The second kappa shape index (κ2) is 5.38. The van der Waals surface area contributed by atoms with E-state index in [1.807, 2.05) is 13.8 Å². The Balaban J connectivity index is 3.90. The molecule has 0 rings (SSSR count). The van der Waals surface area contributed by atoms with E-state index in [1.165, 1.54) is 0 Å². The maximum Gasteiger partial charge on any atom is 0.306 e. The average molecular weight is 200 g/mol. The topological polar surface area (TPSA) is 37.3 Å². The molecule has 0 aliphatic rings. The monoisotopic (exact) mass is 200 g/mol. The smallest absolute Gasteiger partial charge is 0.306 e. The molecule has 0 aromatic carbocycles. The quantitative estimate of drug-likeness (QED) is 0.736. The van der Waals surface area contributed by atoms with Crippen molar-refractivity contribution in [2.24, 2.45) is 17.3 Å². The molecule has 0 amide bonds. The van der Waals surface area contributed by atoms with Gasteiger partial charge in [0.2, 0.25) is 0 Å². The van der Waals surface area contributed by atoms with Crippen molar-refractivity contribution in [3.8, 4) is 0 Å². The number of carboxylic acids is 1. The Labute approximate surface area is 87.7 Å². The van der Waals surface area contributed by atoms with Gasteiger partial charge in [0.15, 0.2) is 0 Å². The molecule has 0 saturated heterocycles. The molecule has 1 N–H and O–H groups in total. The third-order valence-corrected chi connectivity index (χ3v) is 2.56. The van der Waals surface area contributed by atoms with Gasteiger partial charge in [0.1, 0.15) is 0 Å². The zero-order valence-electron chi connectivity index (χ0n) is 10.1. The maximum atomic E-state index is 10.9. The molecule has 2 heteroatoms. The van der Waals surface area contributed by atoms with Crippen LogP contribution in [-0.2, 0) is 4.79 Å². The van der Waals surface area contributed by atoms with Gasteiger partial charge in [-0.25, -0.2) is 0 Å². The van der Waals surface area contributed by atoms with Gasteiger partial charge < -0.3 is 5.11 Å². The van der Waals surface area contributed by atoms with Crippen LogP contribution < -0.4 is 0 Å². The molecule has 0 aliphatic carbocycles. The lowest BCUT2D eigenvalue weighted by Gasteiger charge is -2.21. The van der Waals surface area contributed by atoms with Gasteiger partial charge in [-0.05, 0) is 24.2 Å². The van der Waals surface area contributed by atoms with Crippen LogP contribution in [0.25, 0.3) is 0 Å². The van der Waals surface area contributed by atoms with Crippen molar-refractivity contribution in [1.82, 2.24) is 0 Å². The van der Waals surface area contributed by atoms with E-state index < -0.39 is 5.97 Å². The first-order chi connectivity index (χ1) is 6.24. The van der Waals surface area contributed by atoms with Crippen LogP contribution in [0, 0.1) is 17.3 Å². The summed E-state index contributed by atoms with van der Waals surface area (Å²) in [5.41, 5.74) is 0.319. The fraction of sp³-hybridized carbons (Fsp3) is 0.917. The highest BCUT2D eigenvalue weighted by Gasteiger charge is 2.21. The van der Waals surface area contributed by atoms with Gasteiger partial charge >= 0.3 is 5.97 Å².